The van der Waals surface area contributed by atoms with Crippen molar-refractivity contribution >= 4 is 0 Å². The molecule has 2 heteroatoms. The van der Waals surface area contributed by atoms with Crippen LogP contribution >= 0.6 is 0 Å². The molecule has 1 atom stereocenters. The number of aliphatic hydroxyl groups is 1. The summed E-state index contributed by atoms with van der Waals surface area (Å²) in [6, 6.07) is 22.0. The Labute approximate surface area is 136 Å². The van der Waals surface area contributed by atoms with Gasteiger partial charge in [-0.25, -0.2) is 0 Å². The third kappa shape index (κ3) is 1.85. The predicted molar refractivity (Wildman–Crippen MR) is 91.7 cm³/mol. The van der Waals surface area contributed by atoms with Crippen LogP contribution in [0.5, 0.6) is 5.75 Å². The molecule has 0 heterocycles. The van der Waals surface area contributed by atoms with Crippen LogP contribution in [0.2, 0.25) is 0 Å². The molecule has 2 nitrogen and oxygen atoms in total. The second-order valence-corrected chi connectivity index (χ2v) is 5.98. The number of fused-ring (bicyclic) bond motifs is 3. The Bertz CT molecular complexity index is 881. The first-order valence-electron chi connectivity index (χ1n) is 7.73. The Morgan fingerprint density at radius 2 is 1.52 bits per heavy atom. The van der Waals surface area contributed by atoms with E-state index in [1.54, 1.807) is 7.11 Å². The summed E-state index contributed by atoms with van der Waals surface area (Å²) in [5.74, 6) is 0.786. The van der Waals surface area contributed by atoms with Crippen LogP contribution in [-0.2, 0) is 5.60 Å². The molecule has 0 fully saturated rings. The van der Waals surface area contributed by atoms with Gasteiger partial charge in [0.25, 0.3) is 0 Å². The van der Waals surface area contributed by atoms with Crippen LogP contribution in [0.25, 0.3) is 11.1 Å². The molecule has 0 bridgehead atoms. The number of ether oxygens (including phenoxy) is 1. The van der Waals surface area contributed by atoms with Gasteiger partial charge in [-0.1, -0.05) is 54.6 Å². The third-order valence-electron chi connectivity index (χ3n) is 4.75. The fraction of sp³-hybridized carbons (Fsp3) is 0.143. The van der Waals surface area contributed by atoms with Crippen LogP contribution in [0, 0.1) is 6.92 Å². The molecule has 1 aliphatic carbocycles. The van der Waals surface area contributed by atoms with Gasteiger partial charge in [-0.2, -0.15) is 0 Å². The minimum Gasteiger partial charge on any atom is -0.497 e. The molecule has 4 rings (SSSR count). The first kappa shape index (κ1) is 14.0. The third-order valence-corrected chi connectivity index (χ3v) is 4.75. The van der Waals surface area contributed by atoms with E-state index in [0.717, 1.165) is 39.1 Å². The normalized spacial score (nSPS) is 18.4. The summed E-state index contributed by atoms with van der Waals surface area (Å²) in [6.45, 7) is 2.05. The molecule has 0 radical (unpaired) electrons. The van der Waals surface area contributed by atoms with E-state index in [4.69, 9.17) is 4.74 Å². The Morgan fingerprint density at radius 3 is 2.26 bits per heavy atom. The van der Waals surface area contributed by atoms with Crippen LogP contribution in [0.15, 0.2) is 66.7 Å². The van der Waals surface area contributed by atoms with Crippen molar-refractivity contribution in [2.75, 3.05) is 7.11 Å². The Kier molecular flexibility index (Phi) is 3.03. The molecule has 0 amide bonds. The zero-order valence-corrected chi connectivity index (χ0v) is 13.2. The number of aryl methyl sites for hydroxylation is 1. The number of hydrogen-bond donors (Lipinski definition) is 1. The van der Waals surface area contributed by atoms with Gasteiger partial charge in [0.1, 0.15) is 11.4 Å². The van der Waals surface area contributed by atoms with E-state index in [1.807, 2.05) is 48.5 Å². The predicted octanol–water partition coefficient (Wildman–Crippen LogP) is 4.27. The van der Waals surface area contributed by atoms with Gasteiger partial charge in [0.2, 0.25) is 0 Å². The van der Waals surface area contributed by atoms with Gasteiger partial charge in [0.15, 0.2) is 0 Å². The minimum absolute atomic E-state index is 0.786. The second-order valence-electron chi connectivity index (χ2n) is 5.98. The van der Waals surface area contributed by atoms with Gasteiger partial charge >= 0.3 is 0 Å². The lowest BCUT2D eigenvalue weighted by molar-refractivity contribution is 0.130. The van der Waals surface area contributed by atoms with Gasteiger partial charge in [-0.15, -0.1) is 0 Å². The molecule has 114 valence electrons. The van der Waals surface area contributed by atoms with E-state index in [2.05, 4.69) is 25.1 Å². The zero-order valence-electron chi connectivity index (χ0n) is 13.2. The SMILES string of the molecule is COc1ccc(C2(O)c3ccccc3-c3cccc(C)c32)cc1. The lowest BCUT2D eigenvalue weighted by atomic mass is 9.82. The number of methoxy groups -OCH3 is 1. The molecular formula is C21H18O2. The minimum atomic E-state index is -1.12. The highest BCUT2D eigenvalue weighted by atomic mass is 16.5. The van der Waals surface area contributed by atoms with Crippen molar-refractivity contribution in [3.8, 4) is 16.9 Å². The summed E-state index contributed by atoms with van der Waals surface area (Å²) in [7, 11) is 1.65. The Morgan fingerprint density at radius 1 is 0.826 bits per heavy atom. The van der Waals surface area contributed by atoms with Crippen LogP contribution < -0.4 is 4.74 Å². The van der Waals surface area contributed by atoms with Gasteiger partial charge in [0.05, 0.1) is 7.11 Å². The van der Waals surface area contributed by atoms with E-state index >= 15 is 0 Å². The molecule has 0 spiro atoms. The van der Waals surface area contributed by atoms with Crippen molar-refractivity contribution in [1.82, 2.24) is 0 Å². The van der Waals surface area contributed by atoms with Gasteiger partial charge < -0.3 is 9.84 Å². The van der Waals surface area contributed by atoms with E-state index in [1.165, 1.54) is 0 Å². The van der Waals surface area contributed by atoms with Crippen molar-refractivity contribution < 1.29 is 9.84 Å². The molecule has 0 saturated carbocycles. The second kappa shape index (κ2) is 4.97. The number of hydrogen-bond acceptors (Lipinski definition) is 2. The van der Waals surface area contributed by atoms with Gasteiger partial charge in [0, 0.05) is 11.1 Å². The van der Waals surface area contributed by atoms with E-state index in [0.29, 0.717) is 0 Å². The Hall–Kier alpha value is -2.58. The summed E-state index contributed by atoms with van der Waals surface area (Å²) in [6.07, 6.45) is 0. The molecule has 23 heavy (non-hydrogen) atoms. The lowest BCUT2D eigenvalue weighted by Gasteiger charge is -2.28. The Balaban J connectivity index is 2.04. The number of benzene rings is 3. The standard InChI is InChI=1S/C21H18O2/c1-14-6-5-8-18-17-7-3-4-9-19(17)21(22,20(14)18)15-10-12-16(23-2)13-11-15/h3-13,22H,1-2H3. The molecule has 3 aromatic carbocycles. The summed E-state index contributed by atoms with van der Waals surface area (Å²) in [5.41, 5.74) is 4.96. The average Bonchev–Trinajstić information content (AvgIpc) is 2.87. The molecular weight excluding hydrogens is 284 g/mol. The summed E-state index contributed by atoms with van der Waals surface area (Å²) >= 11 is 0. The maximum Gasteiger partial charge on any atom is 0.142 e. The molecule has 0 aliphatic heterocycles. The van der Waals surface area contributed by atoms with Crippen LogP contribution in [0.3, 0.4) is 0 Å². The highest BCUT2D eigenvalue weighted by Crippen LogP contribution is 2.51. The highest BCUT2D eigenvalue weighted by Gasteiger charge is 2.43. The topological polar surface area (TPSA) is 29.5 Å². The van der Waals surface area contributed by atoms with Crippen molar-refractivity contribution in [3.63, 3.8) is 0 Å². The van der Waals surface area contributed by atoms with Crippen molar-refractivity contribution in [3.05, 3.63) is 89.0 Å². The highest BCUT2D eigenvalue weighted by molar-refractivity contribution is 5.83. The van der Waals surface area contributed by atoms with Crippen LogP contribution in [0.4, 0.5) is 0 Å². The molecule has 1 N–H and O–H groups in total. The average molecular weight is 302 g/mol. The largest absolute Gasteiger partial charge is 0.497 e. The molecule has 1 aliphatic rings. The van der Waals surface area contributed by atoms with Crippen molar-refractivity contribution in [1.29, 1.82) is 0 Å². The van der Waals surface area contributed by atoms with Crippen molar-refractivity contribution in [2.24, 2.45) is 0 Å². The van der Waals surface area contributed by atoms with E-state index in [9.17, 15) is 5.11 Å². The number of rotatable bonds is 2. The van der Waals surface area contributed by atoms with E-state index < -0.39 is 5.60 Å². The first-order chi connectivity index (χ1) is 11.2. The lowest BCUT2D eigenvalue weighted by Crippen LogP contribution is -2.27. The quantitative estimate of drug-likeness (QED) is 0.766. The fourth-order valence-corrected chi connectivity index (χ4v) is 3.67. The van der Waals surface area contributed by atoms with Crippen molar-refractivity contribution in [2.45, 2.75) is 12.5 Å². The fourth-order valence-electron chi connectivity index (χ4n) is 3.67. The molecule has 0 saturated heterocycles. The maximum absolute atomic E-state index is 11.8. The van der Waals surface area contributed by atoms with Gasteiger partial charge in [-0.05, 0) is 41.3 Å². The van der Waals surface area contributed by atoms with Gasteiger partial charge in [-0.3, -0.25) is 0 Å². The summed E-state index contributed by atoms with van der Waals surface area (Å²) in [4.78, 5) is 0. The summed E-state index contributed by atoms with van der Waals surface area (Å²) < 4.78 is 5.25. The van der Waals surface area contributed by atoms with Crippen LogP contribution in [0.1, 0.15) is 22.3 Å². The summed E-state index contributed by atoms with van der Waals surface area (Å²) in [5, 5.41) is 11.8. The maximum atomic E-state index is 11.8. The van der Waals surface area contributed by atoms with Crippen LogP contribution in [-0.4, -0.2) is 12.2 Å². The molecule has 3 aromatic rings. The monoisotopic (exact) mass is 302 g/mol. The smallest absolute Gasteiger partial charge is 0.142 e. The zero-order chi connectivity index (χ0) is 16.0. The molecule has 1 unspecified atom stereocenters. The first-order valence-corrected chi connectivity index (χ1v) is 7.73. The molecule has 0 aromatic heterocycles. The van der Waals surface area contributed by atoms with E-state index in [-0.39, 0.29) is 0 Å².